The lowest BCUT2D eigenvalue weighted by Crippen LogP contribution is -2.56. The van der Waals surface area contributed by atoms with Gasteiger partial charge < -0.3 is 10.6 Å². The monoisotopic (exact) mass is 284 g/mol. The highest BCUT2D eigenvalue weighted by Gasteiger charge is 2.53. The molecule has 0 bridgehead atoms. The fourth-order valence-electron chi connectivity index (χ4n) is 3.36. The largest absolute Gasteiger partial charge is 0.471 e. The second-order valence-corrected chi connectivity index (χ2v) is 5.58. The van der Waals surface area contributed by atoms with Crippen molar-refractivity contribution in [1.82, 2.24) is 5.32 Å². The highest BCUT2D eigenvalue weighted by atomic mass is 19.4. The van der Waals surface area contributed by atoms with Gasteiger partial charge in [-0.2, -0.15) is 13.2 Å². The average molecular weight is 284 g/mol. The topological polar surface area (TPSA) is 41.1 Å². The first-order chi connectivity index (χ1) is 9.32. The molecular weight excluding hydrogens is 269 g/mol. The van der Waals surface area contributed by atoms with Gasteiger partial charge in [-0.1, -0.05) is 17.7 Å². The minimum absolute atomic E-state index is 0.0938. The van der Waals surface area contributed by atoms with E-state index in [1.54, 1.807) is 0 Å². The van der Waals surface area contributed by atoms with E-state index in [1.165, 1.54) is 0 Å². The maximum atomic E-state index is 12.5. The molecule has 1 amide bonds. The van der Waals surface area contributed by atoms with Crippen LogP contribution in [0.2, 0.25) is 0 Å². The maximum absolute atomic E-state index is 12.5. The van der Waals surface area contributed by atoms with Crippen LogP contribution in [-0.2, 0) is 4.79 Å². The number of amides is 1. The first-order valence-corrected chi connectivity index (χ1v) is 6.60. The Hall–Kier alpha value is -1.72. The first kappa shape index (κ1) is 13.3. The highest BCUT2D eigenvalue weighted by Crippen LogP contribution is 2.51. The van der Waals surface area contributed by atoms with Crippen molar-refractivity contribution in [3.05, 3.63) is 29.3 Å². The second kappa shape index (κ2) is 4.14. The zero-order valence-electron chi connectivity index (χ0n) is 11.0. The van der Waals surface area contributed by atoms with Crippen LogP contribution >= 0.6 is 0 Å². The van der Waals surface area contributed by atoms with E-state index in [0.29, 0.717) is 6.42 Å². The molecule has 20 heavy (non-hydrogen) atoms. The molecule has 1 aliphatic heterocycles. The van der Waals surface area contributed by atoms with Crippen LogP contribution in [-0.4, -0.2) is 17.7 Å². The number of carbonyl (C=O) groups is 1. The molecule has 2 N–H and O–H groups in total. The van der Waals surface area contributed by atoms with Crippen LogP contribution in [0, 0.1) is 6.92 Å². The number of hydrogen-bond donors (Lipinski definition) is 2. The summed E-state index contributed by atoms with van der Waals surface area (Å²) in [4.78, 5) is 11.3. The van der Waals surface area contributed by atoms with Gasteiger partial charge in [0, 0.05) is 11.6 Å². The number of alkyl halides is 3. The van der Waals surface area contributed by atoms with Gasteiger partial charge in [-0.15, -0.1) is 0 Å². The number of benzene rings is 1. The van der Waals surface area contributed by atoms with Crippen molar-refractivity contribution in [1.29, 1.82) is 0 Å². The molecule has 3 nitrogen and oxygen atoms in total. The Balaban J connectivity index is 1.93. The summed E-state index contributed by atoms with van der Waals surface area (Å²) >= 11 is 0. The maximum Gasteiger partial charge on any atom is 0.471 e. The Morgan fingerprint density at radius 1 is 1.45 bits per heavy atom. The predicted molar refractivity (Wildman–Crippen MR) is 68.3 cm³/mol. The molecule has 1 saturated carbocycles. The van der Waals surface area contributed by atoms with Crippen molar-refractivity contribution >= 4 is 11.6 Å². The lowest BCUT2D eigenvalue weighted by atomic mass is 9.92. The summed E-state index contributed by atoms with van der Waals surface area (Å²) in [5.74, 6) is -1.97. The van der Waals surface area contributed by atoms with Gasteiger partial charge in [0.2, 0.25) is 0 Å². The van der Waals surface area contributed by atoms with E-state index in [1.807, 2.05) is 25.1 Å². The van der Waals surface area contributed by atoms with Crippen LogP contribution in [0.4, 0.5) is 18.9 Å². The highest BCUT2D eigenvalue weighted by molar-refractivity contribution is 5.84. The van der Waals surface area contributed by atoms with Crippen molar-refractivity contribution in [2.24, 2.45) is 0 Å². The number of rotatable bonds is 1. The molecule has 0 radical (unpaired) electrons. The molecule has 1 aliphatic carbocycles. The van der Waals surface area contributed by atoms with Crippen molar-refractivity contribution in [3.8, 4) is 0 Å². The fraction of sp³-hybridized carbons (Fsp3) is 0.500. The van der Waals surface area contributed by atoms with Gasteiger partial charge in [0.15, 0.2) is 0 Å². The standard InChI is InChI=1S/C14H15F3N2O/c1-8-4-5-11-9(7-8)10-3-2-6-13(10,18-11)19-12(20)14(15,16)17/h4-5,7,10,18H,2-3,6H2,1H3,(H,19,20). The average Bonchev–Trinajstić information content (AvgIpc) is 2.84. The minimum atomic E-state index is -4.85. The van der Waals surface area contributed by atoms with Crippen molar-refractivity contribution in [3.63, 3.8) is 0 Å². The lowest BCUT2D eigenvalue weighted by Gasteiger charge is -2.32. The van der Waals surface area contributed by atoms with Crippen molar-refractivity contribution in [2.75, 3.05) is 5.32 Å². The smallest absolute Gasteiger partial charge is 0.362 e. The van der Waals surface area contributed by atoms with Gasteiger partial charge >= 0.3 is 12.1 Å². The summed E-state index contributed by atoms with van der Waals surface area (Å²) in [5.41, 5.74) is 1.91. The fourth-order valence-corrected chi connectivity index (χ4v) is 3.36. The summed E-state index contributed by atoms with van der Waals surface area (Å²) in [5, 5.41) is 5.29. The number of aryl methyl sites for hydroxylation is 1. The van der Waals surface area contributed by atoms with Gasteiger partial charge in [-0.25, -0.2) is 0 Å². The van der Waals surface area contributed by atoms with E-state index in [0.717, 1.165) is 29.7 Å². The van der Waals surface area contributed by atoms with Crippen molar-refractivity contribution in [2.45, 2.75) is 43.9 Å². The van der Waals surface area contributed by atoms with Crippen LogP contribution in [0.1, 0.15) is 36.3 Å². The summed E-state index contributed by atoms with van der Waals surface area (Å²) in [7, 11) is 0. The first-order valence-electron chi connectivity index (χ1n) is 6.60. The van der Waals surface area contributed by atoms with Gasteiger partial charge in [-0.3, -0.25) is 4.79 Å². The third-order valence-electron chi connectivity index (χ3n) is 4.19. The summed E-state index contributed by atoms with van der Waals surface area (Å²) < 4.78 is 37.5. The van der Waals surface area contributed by atoms with Gasteiger partial charge in [-0.05, 0) is 37.8 Å². The number of hydrogen-bond acceptors (Lipinski definition) is 2. The van der Waals surface area contributed by atoms with Crippen LogP contribution in [0.25, 0.3) is 0 Å². The Morgan fingerprint density at radius 2 is 2.20 bits per heavy atom. The Morgan fingerprint density at radius 3 is 2.90 bits per heavy atom. The second-order valence-electron chi connectivity index (χ2n) is 5.58. The van der Waals surface area contributed by atoms with Crippen LogP contribution in [0.5, 0.6) is 0 Å². The van der Waals surface area contributed by atoms with E-state index in [-0.39, 0.29) is 5.92 Å². The molecule has 1 aromatic carbocycles. The Bertz CT molecular complexity index is 570. The number of nitrogens with one attached hydrogen (secondary N) is 2. The molecule has 3 rings (SSSR count). The summed E-state index contributed by atoms with van der Waals surface area (Å²) in [6.45, 7) is 1.95. The van der Waals surface area contributed by atoms with E-state index in [2.05, 4.69) is 10.6 Å². The Kier molecular flexibility index (Phi) is 2.74. The lowest BCUT2D eigenvalue weighted by molar-refractivity contribution is -0.175. The molecule has 0 spiro atoms. The zero-order chi connectivity index (χ0) is 14.5. The molecule has 108 valence electrons. The van der Waals surface area contributed by atoms with Gasteiger partial charge in [0.25, 0.3) is 0 Å². The van der Waals surface area contributed by atoms with Crippen LogP contribution in [0.3, 0.4) is 0 Å². The molecule has 6 heteroatoms. The number of carbonyl (C=O) groups excluding carboxylic acids is 1. The zero-order valence-corrected chi connectivity index (χ0v) is 11.0. The third kappa shape index (κ3) is 1.94. The molecular formula is C14H15F3N2O. The Labute approximate surface area is 114 Å². The van der Waals surface area contributed by atoms with Crippen LogP contribution < -0.4 is 10.6 Å². The number of fused-ring (bicyclic) bond motifs is 3. The minimum Gasteiger partial charge on any atom is -0.362 e. The van der Waals surface area contributed by atoms with Crippen LogP contribution in [0.15, 0.2) is 18.2 Å². The summed E-state index contributed by atoms with van der Waals surface area (Å²) in [6.07, 6.45) is -2.77. The van der Waals surface area contributed by atoms with Crippen molar-refractivity contribution < 1.29 is 18.0 Å². The third-order valence-corrected chi connectivity index (χ3v) is 4.19. The SMILES string of the molecule is Cc1ccc2c(c1)C1CCCC1(NC(=O)C(F)(F)F)N2. The molecule has 0 aromatic heterocycles. The predicted octanol–water partition coefficient (Wildman–Crippen LogP) is 3.06. The molecule has 2 unspecified atom stereocenters. The molecule has 0 saturated heterocycles. The molecule has 1 aromatic rings. The van der Waals surface area contributed by atoms with E-state index in [9.17, 15) is 18.0 Å². The van der Waals surface area contributed by atoms with E-state index < -0.39 is 17.7 Å². The normalized spacial score (nSPS) is 27.7. The number of halogens is 3. The van der Waals surface area contributed by atoms with E-state index >= 15 is 0 Å². The van der Waals surface area contributed by atoms with E-state index in [4.69, 9.17) is 0 Å². The van der Waals surface area contributed by atoms with Gasteiger partial charge in [0.1, 0.15) is 5.66 Å². The molecule has 1 heterocycles. The summed E-state index contributed by atoms with van der Waals surface area (Å²) in [6, 6.07) is 5.76. The molecule has 2 aliphatic rings. The molecule has 2 atom stereocenters. The quantitative estimate of drug-likeness (QED) is 0.832. The molecule has 1 fully saturated rings. The number of anilines is 1. The van der Waals surface area contributed by atoms with Gasteiger partial charge in [0.05, 0.1) is 0 Å².